The molecular formula is C19H22FN5O2. The van der Waals surface area contributed by atoms with Crippen molar-refractivity contribution in [3.63, 3.8) is 0 Å². The van der Waals surface area contributed by atoms with E-state index in [1.807, 2.05) is 0 Å². The van der Waals surface area contributed by atoms with Gasteiger partial charge < -0.3 is 15.5 Å². The van der Waals surface area contributed by atoms with Gasteiger partial charge in [-0.15, -0.1) is 0 Å². The van der Waals surface area contributed by atoms with Crippen molar-refractivity contribution in [3.8, 4) is 0 Å². The topological polar surface area (TPSA) is 87.2 Å². The molecule has 1 aromatic heterocycles. The molecule has 1 aliphatic heterocycles. The highest BCUT2D eigenvalue weighted by Crippen LogP contribution is 2.20. The van der Waals surface area contributed by atoms with Crippen molar-refractivity contribution in [1.29, 1.82) is 0 Å². The summed E-state index contributed by atoms with van der Waals surface area (Å²) in [6, 6.07) is 4.31. The van der Waals surface area contributed by atoms with Crippen molar-refractivity contribution in [1.82, 2.24) is 15.3 Å². The molecule has 1 fully saturated rings. The third-order valence-electron chi connectivity index (χ3n) is 4.68. The number of aromatic nitrogens is 2. The van der Waals surface area contributed by atoms with Gasteiger partial charge in [-0.2, -0.15) is 0 Å². The van der Waals surface area contributed by atoms with E-state index in [1.54, 1.807) is 37.6 Å². The Kier molecular flexibility index (Phi) is 5.95. The van der Waals surface area contributed by atoms with Crippen LogP contribution in [-0.4, -0.2) is 41.4 Å². The standard InChI is InChI=1S/C19H22FN5O2/c1-13-2-3-15(10-16(13)20)24-19(27)18(26)23-11-14-4-8-25(9-5-14)17-12-21-6-7-22-17/h2-3,6-7,10,12,14H,4-5,8-9,11H2,1H3,(H,23,26)(H,24,27). The molecule has 2 heterocycles. The summed E-state index contributed by atoms with van der Waals surface area (Å²) in [5.74, 6) is -0.790. The summed E-state index contributed by atoms with van der Waals surface area (Å²) < 4.78 is 13.5. The number of hydrogen-bond donors (Lipinski definition) is 2. The summed E-state index contributed by atoms with van der Waals surface area (Å²) in [6.45, 7) is 3.72. The highest BCUT2D eigenvalue weighted by molar-refractivity contribution is 6.39. The Morgan fingerprint density at radius 1 is 1.22 bits per heavy atom. The van der Waals surface area contributed by atoms with E-state index in [0.717, 1.165) is 31.7 Å². The summed E-state index contributed by atoms with van der Waals surface area (Å²) in [6.07, 6.45) is 6.83. The van der Waals surface area contributed by atoms with Crippen molar-refractivity contribution >= 4 is 23.3 Å². The second-order valence-corrected chi connectivity index (χ2v) is 6.62. The largest absolute Gasteiger partial charge is 0.355 e. The van der Waals surface area contributed by atoms with Crippen molar-refractivity contribution in [2.24, 2.45) is 5.92 Å². The van der Waals surface area contributed by atoms with Crippen LogP contribution in [0.5, 0.6) is 0 Å². The Hall–Kier alpha value is -3.03. The van der Waals surface area contributed by atoms with Crippen LogP contribution in [0.2, 0.25) is 0 Å². The molecule has 2 N–H and O–H groups in total. The van der Waals surface area contributed by atoms with Crippen LogP contribution in [0.15, 0.2) is 36.8 Å². The summed E-state index contributed by atoms with van der Waals surface area (Å²) in [5, 5.41) is 5.07. The van der Waals surface area contributed by atoms with Gasteiger partial charge in [0.25, 0.3) is 0 Å². The third kappa shape index (κ3) is 4.99. The number of carbonyl (C=O) groups excluding carboxylic acids is 2. The molecule has 8 heteroatoms. The van der Waals surface area contributed by atoms with Crippen molar-refractivity contribution < 1.29 is 14.0 Å². The van der Waals surface area contributed by atoms with Gasteiger partial charge in [-0.1, -0.05) is 6.07 Å². The zero-order chi connectivity index (χ0) is 19.2. The maximum Gasteiger partial charge on any atom is 0.313 e. The summed E-state index contributed by atoms with van der Waals surface area (Å²) in [4.78, 5) is 34.5. The number of anilines is 2. The first-order chi connectivity index (χ1) is 13.0. The molecule has 0 radical (unpaired) electrons. The number of halogens is 1. The fraction of sp³-hybridized carbons (Fsp3) is 0.368. The number of piperidine rings is 1. The molecule has 142 valence electrons. The predicted octanol–water partition coefficient (Wildman–Crippen LogP) is 1.90. The van der Waals surface area contributed by atoms with Gasteiger partial charge in [0.1, 0.15) is 11.6 Å². The van der Waals surface area contributed by atoms with Crippen molar-refractivity contribution in [3.05, 3.63) is 48.2 Å². The van der Waals surface area contributed by atoms with Crippen molar-refractivity contribution in [2.75, 3.05) is 29.9 Å². The van der Waals surface area contributed by atoms with Crippen LogP contribution < -0.4 is 15.5 Å². The van der Waals surface area contributed by atoms with Gasteiger partial charge in [0.2, 0.25) is 0 Å². The second-order valence-electron chi connectivity index (χ2n) is 6.62. The first-order valence-electron chi connectivity index (χ1n) is 8.89. The maximum atomic E-state index is 13.5. The molecule has 3 rings (SSSR count). The van der Waals surface area contributed by atoms with Crippen LogP contribution in [0, 0.1) is 18.7 Å². The SMILES string of the molecule is Cc1ccc(NC(=O)C(=O)NCC2CCN(c3cnccn3)CC2)cc1F. The van der Waals surface area contributed by atoms with E-state index >= 15 is 0 Å². The minimum atomic E-state index is -0.796. The first-order valence-corrected chi connectivity index (χ1v) is 8.89. The van der Waals surface area contributed by atoms with E-state index in [2.05, 4.69) is 25.5 Å². The van der Waals surface area contributed by atoms with Gasteiger partial charge in [0, 0.05) is 37.7 Å². The molecule has 1 saturated heterocycles. The molecule has 1 aromatic carbocycles. The zero-order valence-electron chi connectivity index (χ0n) is 15.1. The Morgan fingerprint density at radius 2 is 2.00 bits per heavy atom. The van der Waals surface area contributed by atoms with Crippen LogP contribution >= 0.6 is 0 Å². The van der Waals surface area contributed by atoms with Crippen LogP contribution in [-0.2, 0) is 9.59 Å². The number of amides is 2. The predicted molar refractivity (Wildman–Crippen MR) is 99.7 cm³/mol. The van der Waals surface area contributed by atoms with Gasteiger partial charge in [0.05, 0.1) is 6.20 Å². The lowest BCUT2D eigenvalue weighted by Crippen LogP contribution is -2.42. The van der Waals surface area contributed by atoms with E-state index in [-0.39, 0.29) is 5.69 Å². The van der Waals surface area contributed by atoms with E-state index in [0.29, 0.717) is 18.0 Å². The Bertz CT molecular complexity index is 807. The first kappa shape index (κ1) is 18.8. The van der Waals surface area contributed by atoms with E-state index in [9.17, 15) is 14.0 Å². The maximum absolute atomic E-state index is 13.5. The fourth-order valence-electron chi connectivity index (χ4n) is 3.00. The quantitative estimate of drug-likeness (QED) is 0.802. The number of hydrogen-bond acceptors (Lipinski definition) is 5. The smallest absolute Gasteiger partial charge is 0.313 e. The number of nitrogens with one attached hydrogen (secondary N) is 2. The van der Waals surface area contributed by atoms with E-state index in [1.165, 1.54) is 6.07 Å². The summed E-state index contributed by atoms with van der Waals surface area (Å²) in [7, 11) is 0. The van der Waals surface area contributed by atoms with Gasteiger partial charge in [-0.25, -0.2) is 9.37 Å². The molecule has 1 aliphatic rings. The third-order valence-corrected chi connectivity index (χ3v) is 4.68. The van der Waals surface area contributed by atoms with Gasteiger partial charge in [0.15, 0.2) is 0 Å². The van der Waals surface area contributed by atoms with Gasteiger partial charge >= 0.3 is 11.8 Å². The molecule has 0 unspecified atom stereocenters. The lowest BCUT2D eigenvalue weighted by Gasteiger charge is -2.32. The molecule has 27 heavy (non-hydrogen) atoms. The van der Waals surface area contributed by atoms with Gasteiger partial charge in [-0.05, 0) is 43.4 Å². The molecule has 0 atom stereocenters. The van der Waals surface area contributed by atoms with Crippen LogP contribution in [0.25, 0.3) is 0 Å². The average molecular weight is 371 g/mol. The number of rotatable bonds is 4. The Labute approximate surface area is 157 Å². The second kappa shape index (κ2) is 8.57. The number of aryl methyl sites for hydroxylation is 1. The normalized spacial score (nSPS) is 14.7. The molecule has 0 saturated carbocycles. The molecule has 0 aliphatic carbocycles. The number of carbonyl (C=O) groups is 2. The number of nitrogens with zero attached hydrogens (tertiary/aromatic N) is 3. The Morgan fingerprint density at radius 3 is 2.67 bits per heavy atom. The van der Waals surface area contributed by atoms with Crippen LogP contribution in [0.3, 0.4) is 0 Å². The lowest BCUT2D eigenvalue weighted by molar-refractivity contribution is -0.136. The van der Waals surface area contributed by atoms with Crippen molar-refractivity contribution in [2.45, 2.75) is 19.8 Å². The summed E-state index contributed by atoms with van der Waals surface area (Å²) in [5.41, 5.74) is 0.737. The van der Waals surface area contributed by atoms with Crippen LogP contribution in [0.4, 0.5) is 15.9 Å². The zero-order valence-corrected chi connectivity index (χ0v) is 15.1. The Balaban J connectivity index is 1.42. The highest BCUT2D eigenvalue weighted by atomic mass is 19.1. The summed E-state index contributed by atoms with van der Waals surface area (Å²) >= 11 is 0. The fourth-order valence-corrected chi connectivity index (χ4v) is 3.00. The van der Waals surface area contributed by atoms with Crippen LogP contribution in [0.1, 0.15) is 18.4 Å². The molecule has 7 nitrogen and oxygen atoms in total. The van der Waals surface area contributed by atoms with Gasteiger partial charge in [-0.3, -0.25) is 14.6 Å². The highest BCUT2D eigenvalue weighted by Gasteiger charge is 2.22. The lowest BCUT2D eigenvalue weighted by atomic mass is 9.97. The molecule has 0 bridgehead atoms. The minimum absolute atomic E-state index is 0.260. The molecular weight excluding hydrogens is 349 g/mol. The minimum Gasteiger partial charge on any atom is -0.355 e. The monoisotopic (exact) mass is 371 g/mol. The van der Waals surface area contributed by atoms with E-state index in [4.69, 9.17) is 0 Å². The molecule has 2 aromatic rings. The number of benzene rings is 1. The molecule has 2 amide bonds. The molecule has 0 spiro atoms. The average Bonchev–Trinajstić information content (AvgIpc) is 2.70. The van der Waals surface area contributed by atoms with E-state index < -0.39 is 17.6 Å².